The molecule has 134 valence electrons. The first-order valence-corrected chi connectivity index (χ1v) is 10.1. The number of halogens is 2. The van der Waals surface area contributed by atoms with E-state index >= 15 is 0 Å². The highest BCUT2D eigenvalue weighted by Gasteiger charge is 2.47. The van der Waals surface area contributed by atoms with Gasteiger partial charge in [-0.25, -0.2) is 13.8 Å². The summed E-state index contributed by atoms with van der Waals surface area (Å²) in [5.74, 6) is -1.63. The number of thiazole rings is 1. The Bertz CT molecular complexity index is 573. The predicted octanol–water partition coefficient (Wildman–Crippen LogP) is 3.92. The number of alkyl halides is 2. The maximum atomic E-state index is 13.1. The van der Waals surface area contributed by atoms with Gasteiger partial charge in [-0.1, -0.05) is 0 Å². The van der Waals surface area contributed by atoms with E-state index in [1.54, 1.807) is 11.3 Å². The molecule has 2 aliphatic carbocycles. The van der Waals surface area contributed by atoms with E-state index in [9.17, 15) is 8.78 Å². The Morgan fingerprint density at radius 1 is 1.21 bits per heavy atom. The molecule has 0 atom stereocenters. The summed E-state index contributed by atoms with van der Waals surface area (Å²) in [6, 6.07) is 0.422. The Labute approximate surface area is 146 Å². The molecule has 0 saturated heterocycles. The zero-order valence-corrected chi connectivity index (χ0v) is 15.0. The minimum atomic E-state index is -2.45. The van der Waals surface area contributed by atoms with E-state index in [1.807, 2.05) is 0 Å². The highest BCUT2D eigenvalue weighted by atomic mass is 32.1. The summed E-state index contributed by atoms with van der Waals surface area (Å²) in [7, 11) is 0. The van der Waals surface area contributed by atoms with Crippen molar-refractivity contribution in [3.63, 3.8) is 0 Å². The second-order valence-electron chi connectivity index (χ2n) is 7.98. The normalized spacial score (nSPS) is 30.8. The van der Waals surface area contributed by atoms with Gasteiger partial charge >= 0.3 is 0 Å². The highest BCUT2D eigenvalue weighted by molar-refractivity contribution is 7.11. The lowest BCUT2D eigenvalue weighted by Gasteiger charge is -2.33. The molecule has 1 aromatic heterocycles. The molecule has 1 aromatic rings. The Kier molecular flexibility index (Phi) is 4.65. The quantitative estimate of drug-likeness (QED) is 0.890. The first-order chi connectivity index (χ1) is 11.5. The summed E-state index contributed by atoms with van der Waals surface area (Å²) >= 11 is 1.68. The average Bonchev–Trinajstić information content (AvgIpc) is 2.95. The van der Waals surface area contributed by atoms with Gasteiger partial charge in [0.15, 0.2) is 0 Å². The van der Waals surface area contributed by atoms with Gasteiger partial charge in [-0.2, -0.15) is 0 Å². The van der Waals surface area contributed by atoms with Gasteiger partial charge in [-0.3, -0.25) is 4.90 Å². The molecule has 0 bridgehead atoms. The third-order valence-corrected chi connectivity index (χ3v) is 7.33. The monoisotopic (exact) mass is 355 g/mol. The van der Waals surface area contributed by atoms with E-state index in [1.165, 1.54) is 37.0 Å². The molecular weight excluding hydrogens is 328 g/mol. The fourth-order valence-corrected chi connectivity index (χ4v) is 5.48. The lowest BCUT2D eigenvalue weighted by molar-refractivity contribution is -0.0868. The van der Waals surface area contributed by atoms with Gasteiger partial charge in [-0.05, 0) is 51.0 Å². The van der Waals surface area contributed by atoms with E-state index in [2.05, 4.69) is 4.90 Å². The van der Waals surface area contributed by atoms with Gasteiger partial charge in [0.1, 0.15) is 0 Å². The number of fused-ring (bicyclic) bond motifs is 1. The molecule has 0 unspecified atom stereocenters. The van der Waals surface area contributed by atoms with Crippen molar-refractivity contribution in [1.82, 2.24) is 9.88 Å². The third-order valence-electron chi connectivity index (χ3n) is 6.01. The van der Waals surface area contributed by atoms with Gasteiger partial charge in [0, 0.05) is 42.8 Å². The van der Waals surface area contributed by atoms with Crippen LogP contribution in [0.15, 0.2) is 0 Å². The number of aromatic nitrogens is 1. The van der Waals surface area contributed by atoms with E-state index in [4.69, 9.17) is 10.7 Å². The van der Waals surface area contributed by atoms with Crippen LogP contribution in [-0.4, -0.2) is 34.9 Å². The number of rotatable bonds is 4. The minimum absolute atomic E-state index is 0.00417. The molecule has 4 rings (SSSR count). The maximum absolute atomic E-state index is 13.1. The number of hydrogen-bond acceptors (Lipinski definition) is 4. The fraction of sp³-hybridized carbons (Fsp3) is 0.833. The van der Waals surface area contributed by atoms with Crippen LogP contribution in [0, 0.1) is 5.92 Å². The molecule has 2 saturated carbocycles. The second-order valence-corrected chi connectivity index (χ2v) is 9.09. The van der Waals surface area contributed by atoms with Crippen molar-refractivity contribution < 1.29 is 8.78 Å². The van der Waals surface area contributed by atoms with Crippen molar-refractivity contribution in [2.24, 2.45) is 11.7 Å². The summed E-state index contributed by atoms with van der Waals surface area (Å²) < 4.78 is 26.2. The van der Waals surface area contributed by atoms with Crippen molar-refractivity contribution in [2.75, 3.05) is 13.1 Å². The number of nitrogens with two attached hydrogens (primary N) is 1. The van der Waals surface area contributed by atoms with E-state index in [0.717, 1.165) is 42.7 Å². The molecule has 2 fully saturated rings. The van der Waals surface area contributed by atoms with Gasteiger partial charge < -0.3 is 5.73 Å². The molecule has 0 radical (unpaired) electrons. The zero-order valence-electron chi connectivity index (χ0n) is 14.1. The first-order valence-electron chi connectivity index (χ1n) is 9.33. The van der Waals surface area contributed by atoms with Crippen molar-refractivity contribution in [3.05, 3.63) is 15.6 Å². The van der Waals surface area contributed by atoms with Crippen LogP contribution in [0.1, 0.15) is 66.4 Å². The fourth-order valence-electron chi connectivity index (χ4n) is 4.32. The SMILES string of the molecule is NC1CCC(CCN2CCc3sc(C4CC(F)(F)C4)nc3C2)CC1. The largest absolute Gasteiger partial charge is 0.328 e. The summed E-state index contributed by atoms with van der Waals surface area (Å²) in [5.41, 5.74) is 7.14. The first kappa shape index (κ1) is 16.9. The van der Waals surface area contributed by atoms with Crippen LogP contribution < -0.4 is 5.73 Å². The molecule has 1 aliphatic heterocycles. The topological polar surface area (TPSA) is 42.1 Å². The van der Waals surface area contributed by atoms with E-state index in [0.29, 0.717) is 6.04 Å². The Morgan fingerprint density at radius 3 is 2.67 bits per heavy atom. The van der Waals surface area contributed by atoms with E-state index < -0.39 is 5.92 Å². The summed E-state index contributed by atoms with van der Waals surface area (Å²) in [6.45, 7) is 3.12. The Balaban J connectivity index is 1.29. The lowest BCUT2D eigenvalue weighted by Crippen LogP contribution is -2.34. The second kappa shape index (κ2) is 6.61. The van der Waals surface area contributed by atoms with Crippen molar-refractivity contribution >= 4 is 11.3 Å². The van der Waals surface area contributed by atoms with Crippen molar-refractivity contribution in [1.29, 1.82) is 0 Å². The van der Waals surface area contributed by atoms with Gasteiger partial charge in [0.2, 0.25) is 5.92 Å². The van der Waals surface area contributed by atoms with Crippen molar-refractivity contribution in [2.45, 2.75) is 75.8 Å². The van der Waals surface area contributed by atoms with Crippen LogP contribution in [-0.2, 0) is 13.0 Å². The van der Waals surface area contributed by atoms with Crippen LogP contribution in [0.3, 0.4) is 0 Å². The van der Waals surface area contributed by atoms with E-state index in [-0.39, 0.29) is 18.8 Å². The molecule has 2 heterocycles. The van der Waals surface area contributed by atoms with Crippen LogP contribution in [0.4, 0.5) is 8.78 Å². The highest BCUT2D eigenvalue weighted by Crippen LogP contribution is 2.49. The smallest absolute Gasteiger partial charge is 0.249 e. The third kappa shape index (κ3) is 3.65. The predicted molar refractivity (Wildman–Crippen MR) is 92.6 cm³/mol. The molecule has 0 spiro atoms. The zero-order chi connectivity index (χ0) is 16.7. The van der Waals surface area contributed by atoms with Crippen LogP contribution in [0.25, 0.3) is 0 Å². The summed E-state index contributed by atoms with van der Waals surface area (Å²) in [5, 5.41) is 0.953. The lowest BCUT2D eigenvalue weighted by atomic mass is 9.82. The molecule has 6 heteroatoms. The molecule has 0 aromatic carbocycles. The Morgan fingerprint density at radius 2 is 1.96 bits per heavy atom. The maximum Gasteiger partial charge on any atom is 0.249 e. The summed E-state index contributed by atoms with van der Waals surface area (Å²) in [6.07, 6.45) is 7.18. The van der Waals surface area contributed by atoms with Gasteiger partial charge in [0.25, 0.3) is 0 Å². The average molecular weight is 355 g/mol. The summed E-state index contributed by atoms with van der Waals surface area (Å²) in [4.78, 5) is 8.55. The minimum Gasteiger partial charge on any atom is -0.328 e. The molecule has 24 heavy (non-hydrogen) atoms. The van der Waals surface area contributed by atoms with Crippen molar-refractivity contribution in [3.8, 4) is 0 Å². The number of nitrogens with zero attached hydrogens (tertiary/aromatic N) is 2. The van der Waals surface area contributed by atoms with Gasteiger partial charge in [-0.15, -0.1) is 11.3 Å². The van der Waals surface area contributed by atoms with Crippen LogP contribution >= 0.6 is 11.3 Å². The Hall–Kier alpha value is -0.590. The molecule has 3 nitrogen and oxygen atoms in total. The standard InChI is InChI=1S/C18H27F2N3S/c19-18(20)9-13(10-18)17-22-15-11-23(8-6-16(15)24-17)7-5-12-1-3-14(21)4-2-12/h12-14H,1-11,21H2. The van der Waals surface area contributed by atoms with Gasteiger partial charge in [0.05, 0.1) is 10.7 Å². The molecule has 2 N–H and O–H groups in total. The molecule has 0 amide bonds. The number of hydrogen-bond donors (Lipinski definition) is 1. The van der Waals surface area contributed by atoms with Crippen LogP contribution in [0.2, 0.25) is 0 Å². The molecule has 3 aliphatic rings. The molecular formula is C18H27F2N3S. The van der Waals surface area contributed by atoms with Crippen LogP contribution in [0.5, 0.6) is 0 Å².